The Morgan fingerprint density at radius 2 is 2.09 bits per heavy atom. The lowest BCUT2D eigenvalue weighted by atomic mass is 10.1. The molecule has 0 saturated heterocycles. The summed E-state index contributed by atoms with van der Waals surface area (Å²) in [5.41, 5.74) is 0. The van der Waals surface area contributed by atoms with Crippen molar-refractivity contribution >= 4 is 0 Å². The van der Waals surface area contributed by atoms with Crippen molar-refractivity contribution in [1.29, 1.82) is 0 Å². The van der Waals surface area contributed by atoms with Crippen LogP contribution < -0.4 is 0 Å². The summed E-state index contributed by atoms with van der Waals surface area (Å²) in [4.78, 5) is 0. The van der Waals surface area contributed by atoms with E-state index in [2.05, 4.69) is 25.9 Å². The number of hydrogen-bond acceptors (Lipinski definition) is 1. The average Bonchev–Trinajstić information content (AvgIpc) is 2.35. The van der Waals surface area contributed by atoms with E-state index < -0.39 is 0 Å². The summed E-state index contributed by atoms with van der Waals surface area (Å²) < 4.78 is 2.01. The summed E-state index contributed by atoms with van der Waals surface area (Å²) in [7, 11) is 0. The van der Waals surface area contributed by atoms with Crippen molar-refractivity contribution in [3.05, 3.63) is 18.5 Å². The van der Waals surface area contributed by atoms with Gasteiger partial charge in [0.1, 0.15) is 0 Å². The first-order valence-corrected chi connectivity index (χ1v) is 4.19. The fourth-order valence-electron chi connectivity index (χ4n) is 1.33. The van der Waals surface area contributed by atoms with Crippen LogP contribution in [0.15, 0.2) is 18.5 Å². The molecular formula is C9H16N2. The van der Waals surface area contributed by atoms with E-state index in [-0.39, 0.29) is 0 Å². The number of rotatable bonds is 3. The van der Waals surface area contributed by atoms with Gasteiger partial charge in [0.25, 0.3) is 0 Å². The average molecular weight is 152 g/mol. The smallest absolute Gasteiger partial charge is 0.0493 e. The Morgan fingerprint density at radius 1 is 1.36 bits per heavy atom. The van der Waals surface area contributed by atoms with Gasteiger partial charge in [-0.1, -0.05) is 13.8 Å². The highest BCUT2D eigenvalue weighted by Crippen LogP contribution is 2.14. The largest absolute Gasteiger partial charge is 0.270 e. The molecule has 0 aliphatic rings. The second kappa shape index (κ2) is 3.56. The predicted octanol–water partition coefficient (Wildman–Crippen LogP) is 2.49. The van der Waals surface area contributed by atoms with Gasteiger partial charge in [-0.15, -0.1) is 0 Å². The van der Waals surface area contributed by atoms with Crippen molar-refractivity contribution in [2.75, 3.05) is 0 Å². The van der Waals surface area contributed by atoms with Gasteiger partial charge in [-0.05, 0) is 25.3 Å². The highest BCUT2D eigenvalue weighted by Gasteiger charge is 2.05. The van der Waals surface area contributed by atoms with Gasteiger partial charge in [-0.2, -0.15) is 5.10 Å². The third kappa shape index (κ3) is 2.37. The van der Waals surface area contributed by atoms with Crippen LogP contribution in [0.3, 0.4) is 0 Å². The molecule has 0 aromatic carbocycles. The van der Waals surface area contributed by atoms with Crippen LogP contribution in [0.5, 0.6) is 0 Å². The van der Waals surface area contributed by atoms with Gasteiger partial charge in [0, 0.05) is 18.4 Å². The molecule has 0 aliphatic heterocycles. The van der Waals surface area contributed by atoms with E-state index in [0.29, 0.717) is 6.04 Å². The second-order valence-electron chi connectivity index (χ2n) is 3.46. The van der Waals surface area contributed by atoms with E-state index in [1.54, 1.807) is 0 Å². The molecule has 2 nitrogen and oxygen atoms in total. The fourth-order valence-corrected chi connectivity index (χ4v) is 1.33. The topological polar surface area (TPSA) is 17.8 Å². The standard InChI is InChI=1S/C9H16N2/c1-8(2)7-9(3)11-6-4-5-10-11/h4-6,8-9H,7H2,1-3H3. The van der Waals surface area contributed by atoms with E-state index in [0.717, 1.165) is 5.92 Å². The minimum Gasteiger partial charge on any atom is -0.270 e. The first-order chi connectivity index (χ1) is 5.20. The summed E-state index contributed by atoms with van der Waals surface area (Å²) in [6, 6.07) is 2.50. The minimum atomic E-state index is 0.532. The number of hydrogen-bond donors (Lipinski definition) is 0. The third-order valence-electron chi connectivity index (χ3n) is 1.79. The molecule has 0 amide bonds. The molecule has 0 fully saturated rings. The SMILES string of the molecule is CC(C)CC(C)n1cccn1. The molecule has 11 heavy (non-hydrogen) atoms. The summed E-state index contributed by atoms with van der Waals surface area (Å²) in [6.07, 6.45) is 5.05. The molecular weight excluding hydrogens is 136 g/mol. The molecule has 1 atom stereocenters. The highest BCUT2D eigenvalue weighted by atomic mass is 15.3. The van der Waals surface area contributed by atoms with Gasteiger partial charge in [0.2, 0.25) is 0 Å². The lowest BCUT2D eigenvalue weighted by Crippen LogP contribution is -2.08. The predicted molar refractivity (Wildman–Crippen MR) is 46.4 cm³/mol. The molecule has 0 N–H and O–H groups in total. The maximum absolute atomic E-state index is 4.19. The number of nitrogens with zero attached hydrogens (tertiary/aromatic N) is 2. The van der Waals surface area contributed by atoms with Crippen LogP contribution in [0.1, 0.15) is 33.2 Å². The van der Waals surface area contributed by atoms with E-state index in [9.17, 15) is 0 Å². The van der Waals surface area contributed by atoms with Crippen molar-refractivity contribution < 1.29 is 0 Å². The monoisotopic (exact) mass is 152 g/mol. The molecule has 62 valence electrons. The molecule has 0 saturated carbocycles. The van der Waals surface area contributed by atoms with E-state index in [4.69, 9.17) is 0 Å². The van der Waals surface area contributed by atoms with E-state index in [1.165, 1.54) is 6.42 Å². The molecule has 0 spiro atoms. The van der Waals surface area contributed by atoms with Crippen molar-refractivity contribution in [2.45, 2.75) is 33.2 Å². The molecule has 1 aromatic heterocycles. The molecule has 2 heteroatoms. The van der Waals surface area contributed by atoms with Gasteiger partial charge < -0.3 is 0 Å². The molecule has 1 aromatic rings. The van der Waals surface area contributed by atoms with Crippen molar-refractivity contribution in [3.63, 3.8) is 0 Å². The molecule has 1 heterocycles. The number of aromatic nitrogens is 2. The van der Waals surface area contributed by atoms with Gasteiger partial charge in [0.05, 0.1) is 0 Å². The van der Waals surface area contributed by atoms with Crippen LogP contribution in [0.25, 0.3) is 0 Å². The Hall–Kier alpha value is -0.790. The van der Waals surface area contributed by atoms with Crippen LogP contribution in [0.4, 0.5) is 0 Å². The normalized spacial score (nSPS) is 13.8. The van der Waals surface area contributed by atoms with Gasteiger partial charge in [-0.25, -0.2) is 0 Å². The minimum absolute atomic E-state index is 0.532. The zero-order valence-corrected chi connectivity index (χ0v) is 7.49. The van der Waals surface area contributed by atoms with Gasteiger partial charge >= 0.3 is 0 Å². The van der Waals surface area contributed by atoms with Gasteiger partial charge in [0.15, 0.2) is 0 Å². The van der Waals surface area contributed by atoms with Gasteiger partial charge in [-0.3, -0.25) is 4.68 Å². The molecule has 0 radical (unpaired) electrons. The lowest BCUT2D eigenvalue weighted by molar-refractivity contribution is 0.398. The Labute approximate surface area is 68.2 Å². The Morgan fingerprint density at radius 3 is 2.55 bits per heavy atom. The first kappa shape index (κ1) is 8.31. The van der Waals surface area contributed by atoms with Crippen LogP contribution in [-0.2, 0) is 0 Å². The van der Waals surface area contributed by atoms with Crippen LogP contribution in [-0.4, -0.2) is 9.78 Å². The summed E-state index contributed by atoms with van der Waals surface area (Å²) >= 11 is 0. The quantitative estimate of drug-likeness (QED) is 0.650. The lowest BCUT2D eigenvalue weighted by Gasteiger charge is -2.13. The van der Waals surface area contributed by atoms with Crippen LogP contribution in [0.2, 0.25) is 0 Å². The van der Waals surface area contributed by atoms with Crippen LogP contribution in [0, 0.1) is 5.92 Å². The van der Waals surface area contributed by atoms with Crippen LogP contribution >= 0.6 is 0 Å². The van der Waals surface area contributed by atoms with Crippen molar-refractivity contribution in [3.8, 4) is 0 Å². The maximum Gasteiger partial charge on any atom is 0.0493 e. The molecule has 0 bridgehead atoms. The molecule has 1 unspecified atom stereocenters. The summed E-state index contributed by atoms with van der Waals surface area (Å²) in [6.45, 7) is 6.67. The molecule has 1 rings (SSSR count). The highest BCUT2D eigenvalue weighted by molar-refractivity contribution is 4.80. The zero-order valence-electron chi connectivity index (χ0n) is 7.49. The zero-order chi connectivity index (χ0) is 8.27. The second-order valence-corrected chi connectivity index (χ2v) is 3.46. The third-order valence-corrected chi connectivity index (χ3v) is 1.79. The Kier molecular flexibility index (Phi) is 2.69. The summed E-state index contributed by atoms with van der Waals surface area (Å²) in [5, 5.41) is 4.19. The fraction of sp³-hybridized carbons (Fsp3) is 0.667. The van der Waals surface area contributed by atoms with Crippen molar-refractivity contribution in [1.82, 2.24) is 9.78 Å². The van der Waals surface area contributed by atoms with E-state index in [1.807, 2.05) is 23.1 Å². The first-order valence-electron chi connectivity index (χ1n) is 4.19. The maximum atomic E-state index is 4.19. The Bertz CT molecular complexity index is 189. The molecule has 0 aliphatic carbocycles. The van der Waals surface area contributed by atoms with E-state index >= 15 is 0 Å². The Balaban J connectivity index is 2.49. The van der Waals surface area contributed by atoms with Crippen molar-refractivity contribution in [2.24, 2.45) is 5.92 Å². The summed E-state index contributed by atoms with van der Waals surface area (Å²) in [5.74, 6) is 0.745.